The molecule has 1 atom stereocenters. The van der Waals surface area contributed by atoms with Crippen molar-refractivity contribution in [1.29, 1.82) is 0 Å². The molecule has 2 heterocycles. The molecule has 0 aromatic carbocycles. The molecule has 1 aromatic rings. The van der Waals surface area contributed by atoms with E-state index < -0.39 is 16.7 Å². The Hall–Kier alpha value is -0.430. The summed E-state index contributed by atoms with van der Waals surface area (Å²) in [5.74, 6) is 0.0529. The highest BCUT2D eigenvalue weighted by Crippen LogP contribution is 2.28. The minimum atomic E-state index is -3.65. The molecular formula is C8H10O4S2. The first-order valence-corrected chi connectivity index (χ1v) is 6.42. The molecule has 1 aliphatic heterocycles. The lowest BCUT2D eigenvalue weighted by Crippen LogP contribution is -2.41. The standard InChI is InChI=1S/C8H10O4S2/c1-6(5-7-3-2-4-13-7)8-11-14(9,10)12-8/h2-4,6,8H,5H2,1H3/t6-/m0/s1. The molecule has 0 bridgehead atoms. The Morgan fingerprint density at radius 3 is 2.79 bits per heavy atom. The first-order valence-electron chi connectivity index (χ1n) is 4.21. The molecule has 1 fully saturated rings. The van der Waals surface area contributed by atoms with Gasteiger partial charge < -0.3 is 0 Å². The van der Waals surface area contributed by atoms with Crippen LogP contribution in [0.25, 0.3) is 0 Å². The molecule has 1 aromatic heterocycles. The van der Waals surface area contributed by atoms with Gasteiger partial charge in [-0.3, -0.25) is 0 Å². The van der Waals surface area contributed by atoms with Crippen molar-refractivity contribution < 1.29 is 16.8 Å². The highest BCUT2D eigenvalue weighted by Gasteiger charge is 2.39. The predicted octanol–water partition coefficient (Wildman–Crippen LogP) is 1.54. The van der Waals surface area contributed by atoms with Crippen LogP contribution in [0.5, 0.6) is 0 Å². The molecule has 0 amide bonds. The van der Waals surface area contributed by atoms with E-state index >= 15 is 0 Å². The lowest BCUT2D eigenvalue weighted by molar-refractivity contribution is -0.111. The van der Waals surface area contributed by atoms with Gasteiger partial charge >= 0.3 is 10.4 Å². The molecule has 0 radical (unpaired) electrons. The van der Waals surface area contributed by atoms with Gasteiger partial charge in [-0.15, -0.1) is 11.3 Å². The van der Waals surface area contributed by atoms with Crippen molar-refractivity contribution >= 4 is 21.7 Å². The summed E-state index contributed by atoms with van der Waals surface area (Å²) in [4.78, 5) is 1.20. The van der Waals surface area contributed by atoms with Gasteiger partial charge in [-0.05, 0) is 17.9 Å². The largest absolute Gasteiger partial charge is 0.405 e. The van der Waals surface area contributed by atoms with E-state index in [-0.39, 0.29) is 5.92 Å². The van der Waals surface area contributed by atoms with Crippen LogP contribution in [0.15, 0.2) is 17.5 Å². The second kappa shape index (κ2) is 3.62. The Kier molecular flexibility index (Phi) is 2.61. The first-order chi connectivity index (χ1) is 6.57. The van der Waals surface area contributed by atoms with Crippen LogP contribution in [-0.4, -0.2) is 14.7 Å². The summed E-state index contributed by atoms with van der Waals surface area (Å²) >= 11 is 1.64. The first kappa shape index (κ1) is 10.1. The zero-order chi connectivity index (χ0) is 10.2. The number of rotatable bonds is 3. The SMILES string of the molecule is C[C@@H](Cc1cccs1)C1OS(=O)(=O)O1. The summed E-state index contributed by atoms with van der Waals surface area (Å²) in [6.07, 6.45) is 0.166. The monoisotopic (exact) mass is 234 g/mol. The van der Waals surface area contributed by atoms with E-state index in [4.69, 9.17) is 0 Å². The fourth-order valence-electron chi connectivity index (χ4n) is 1.27. The molecule has 0 unspecified atom stereocenters. The van der Waals surface area contributed by atoms with E-state index in [9.17, 15) is 8.42 Å². The molecular weight excluding hydrogens is 224 g/mol. The second-order valence-electron chi connectivity index (χ2n) is 3.23. The normalized spacial score (nSPS) is 22.9. The highest BCUT2D eigenvalue weighted by atomic mass is 32.3. The van der Waals surface area contributed by atoms with Crippen LogP contribution >= 0.6 is 11.3 Å². The van der Waals surface area contributed by atoms with Gasteiger partial charge in [0.1, 0.15) is 0 Å². The number of hydrogen-bond donors (Lipinski definition) is 0. The van der Waals surface area contributed by atoms with Gasteiger partial charge in [0, 0.05) is 10.8 Å². The molecule has 1 saturated heterocycles. The quantitative estimate of drug-likeness (QED) is 0.796. The minimum Gasteiger partial charge on any atom is -0.214 e. The molecule has 78 valence electrons. The third kappa shape index (κ3) is 2.14. The van der Waals surface area contributed by atoms with Gasteiger partial charge in [0.25, 0.3) is 0 Å². The van der Waals surface area contributed by atoms with E-state index in [1.54, 1.807) is 11.3 Å². The molecule has 0 saturated carbocycles. The molecule has 0 N–H and O–H groups in total. The summed E-state index contributed by atoms with van der Waals surface area (Å²) in [6.45, 7) is 1.90. The summed E-state index contributed by atoms with van der Waals surface area (Å²) in [5.41, 5.74) is 0. The van der Waals surface area contributed by atoms with E-state index in [0.29, 0.717) is 0 Å². The Labute approximate surface area is 86.8 Å². The average Bonchev–Trinajstić information content (AvgIpc) is 2.52. The minimum absolute atomic E-state index is 0.0529. The van der Waals surface area contributed by atoms with Crippen molar-refractivity contribution in [1.82, 2.24) is 0 Å². The number of thiophene rings is 1. The van der Waals surface area contributed by atoms with Crippen molar-refractivity contribution in [3.05, 3.63) is 22.4 Å². The highest BCUT2D eigenvalue weighted by molar-refractivity contribution is 7.82. The van der Waals surface area contributed by atoms with Crippen molar-refractivity contribution in [3.8, 4) is 0 Å². The predicted molar refractivity (Wildman–Crippen MR) is 52.1 cm³/mol. The van der Waals surface area contributed by atoms with Crippen LogP contribution in [0.2, 0.25) is 0 Å². The van der Waals surface area contributed by atoms with Crippen LogP contribution in [0.3, 0.4) is 0 Å². The van der Waals surface area contributed by atoms with Crippen LogP contribution in [0, 0.1) is 5.92 Å². The second-order valence-corrected chi connectivity index (χ2v) is 5.46. The Bertz CT molecular complexity index is 383. The van der Waals surface area contributed by atoms with Crippen molar-refractivity contribution in [2.24, 2.45) is 5.92 Å². The Balaban J connectivity index is 1.89. The Morgan fingerprint density at radius 2 is 2.29 bits per heavy atom. The average molecular weight is 234 g/mol. The van der Waals surface area contributed by atoms with Gasteiger partial charge in [0.15, 0.2) is 0 Å². The zero-order valence-electron chi connectivity index (χ0n) is 7.54. The maximum atomic E-state index is 10.6. The fourth-order valence-corrected chi connectivity index (χ4v) is 2.98. The molecule has 1 aliphatic rings. The maximum Gasteiger partial charge on any atom is 0.405 e. The molecule has 2 rings (SSSR count). The van der Waals surface area contributed by atoms with Crippen LogP contribution in [0.1, 0.15) is 11.8 Å². The topological polar surface area (TPSA) is 52.6 Å². The van der Waals surface area contributed by atoms with Crippen LogP contribution in [0.4, 0.5) is 0 Å². The summed E-state index contributed by atoms with van der Waals surface area (Å²) in [7, 11) is -3.65. The molecule has 0 spiro atoms. The van der Waals surface area contributed by atoms with Crippen molar-refractivity contribution in [3.63, 3.8) is 0 Å². The molecule has 14 heavy (non-hydrogen) atoms. The zero-order valence-corrected chi connectivity index (χ0v) is 9.18. The van der Waals surface area contributed by atoms with Gasteiger partial charge in [0.2, 0.25) is 6.29 Å². The third-order valence-corrected chi connectivity index (χ3v) is 3.74. The van der Waals surface area contributed by atoms with Gasteiger partial charge in [-0.25, -0.2) is 8.37 Å². The van der Waals surface area contributed by atoms with E-state index in [0.717, 1.165) is 6.42 Å². The number of hydrogen-bond acceptors (Lipinski definition) is 5. The Morgan fingerprint density at radius 1 is 1.57 bits per heavy atom. The van der Waals surface area contributed by atoms with Gasteiger partial charge in [-0.2, -0.15) is 8.42 Å². The van der Waals surface area contributed by atoms with Gasteiger partial charge in [0.05, 0.1) is 0 Å². The summed E-state index contributed by atoms with van der Waals surface area (Å²) < 4.78 is 30.3. The van der Waals surface area contributed by atoms with E-state index in [1.165, 1.54) is 4.88 Å². The smallest absolute Gasteiger partial charge is 0.214 e. The van der Waals surface area contributed by atoms with Crippen molar-refractivity contribution in [2.75, 3.05) is 0 Å². The fraction of sp³-hybridized carbons (Fsp3) is 0.500. The molecule has 4 nitrogen and oxygen atoms in total. The van der Waals surface area contributed by atoms with E-state index in [2.05, 4.69) is 8.37 Å². The van der Waals surface area contributed by atoms with E-state index in [1.807, 2.05) is 24.4 Å². The molecule has 0 aliphatic carbocycles. The third-order valence-electron chi connectivity index (χ3n) is 1.99. The van der Waals surface area contributed by atoms with Gasteiger partial charge in [-0.1, -0.05) is 13.0 Å². The lowest BCUT2D eigenvalue weighted by atomic mass is 10.1. The maximum absolute atomic E-state index is 10.6. The molecule has 6 heteroatoms. The lowest BCUT2D eigenvalue weighted by Gasteiger charge is -2.29. The summed E-state index contributed by atoms with van der Waals surface area (Å²) in [5, 5.41) is 1.99. The van der Waals surface area contributed by atoms with Crippen LogP contribution < -0.4 is 0 Å². The van der Waals surface area contributed by atoms with Crippen molar-refractivity contribution in [2.45, 2.75) is 19.6 Å². The summed E-state index contributed by atoms with van der Waals surface area (Å²) in [6, 6.07) is 3.97. The van der Waals surface area contributed by atoms with Crippen LogP contribution in [-0.2, 0) is 25.2 Å².